The van der Waals surface area contributed by atoms with Gasteiger partial charge in [0.1, 0.15) is 5.75 Å². The minimum Gasteiger partial charge on any atom is -0.454 e. The first-order chi connectivity index (χ1) is 8.70. The zero-order valence-corrected chi connectivity index (χ0v) is 10.1. The van der Waals surface area contributed by atoms with E-state index in [-0.39, 0.29) is 11.6 Å². The number of ether oxygens (including phenoxy) is 1. The summed E-state index contributed by atoms with van der Waals surface area (Å²) in [6.45, 7) is 2.50. The van der Waals surface area contributed by atoms with Gasteiger partial charge in [-0.25, -0.2) is 4.39 Å². The predicted molar refractivity (Wildman–Crippen MR) is 68.7 cm³/mol. The third kappa shape index (κ3) is 2.85. The monoisotopic (exact) mass is 246 g/mol. The van der Waals surface area contributed by atoms with Gasteiger partial charge in [-0.05, 0) is 36.2 Å². The molecule has 0 aliphatic heterocycles. The summed E-state index contributed by atoms with van der Waals surface area (Å²) in [6, 6.07) is 12.0. The lowest BCUT2D eigenvalue weighted by Gasteiger charge is -2.10. The van der Waals surface area contributed by atoms with Crippen LogP contribution in [0.2, 0.25) is 0 Å². The molecule has 0 heterocycles. The van der Waals surface area contributed by atoms with Crippen molar-refractivity contribution in [1.82, 2.24) is 5.43 Å². The smallest absolute Gasteiger partial charge is 0.165 e. The Kier molecular flexibility index (Phi) is 3.92. The third-order valence-corrected chi connectivity index (χ3v) is 2.60. The van der Waals surface area contributed by atoms with E-state index in [0.29, 0.717) is 12.3 Å². The lowest BCUT2D eigenvalue weighted by molar-refractivity contribution is 0.439. The molecule has 0 radical (unpaired) electrons. The Morgan fingerprint density at radius 1 is 1.17 bits per heavy atom. The molecule has 0 aliphatic rings. The highest BCUT2D eigenvalue weighted by molar-refractivity contribution is 5.40. The molecule has 18 heavy (non-hydrogen) atoms. The van der Waals surface area contributed by atoms with Crippen molar-refractivity contribution >= 4 is 0 Å². The molecule has 4 heteroatoms. The summed E-state index contributed by atoms with van der Waals surface area (Å²) in [5.41, 5.74) is 4.58. The second-order valence-corrected chi connectivity index (χ2v) is 4.01. The van der Waals surface area contributed by atoms with Crippen LogP contribution < -0.4 is 16.0 Å². The van der Waals surface area contributed by atoms with E-state index in [1.807, 2.05) is 25.1 Å². The van der Waals surface area contributed by atoms with E-state index < -0.39 is 0 Å². The molecule has 0 aromatic heterocycles. The fraction of sp³-hybridized carbons (Fsp3) is 0.143. The highest BCUT2D eigenvalue weighted by Gasteiger charge is 2.06. The van der Waals surface area contributed by atoms with Crippen LogP contribution in [0.4, 0.5) is 4.39 Å². The maximum Gasteiger partial charge on any atom is 0.165 e. The number of benzene rings is 2. The number of rotatable bonds is 4. The quantitative estimate of drug-likeness (QED) is 0.644. The van der Waals surface area contributed by atoms with Crippen molar-refractivity contribution in [1.29, 1.82) is 0 Å². The lowest BCUT2D eigenvalue weighted by Crippen LogP contribution is -2.20. The molecule has 3 N–H and O–H groups in total. The molecule has 3 nitrogen and oxygen atoms in total. The molecule has 0 unspecified atom stereocenters. The summed E-state index contributed by atoms with van der Waals surface area (Å²) in [5, 5.41) is 0. The Morgan fingerprint density at radius 3 is 2.61 bits per heavy atom. The highest BCUT2D eigenvalue weighted by Crippen LogP contribution is 2.27. The molecule has 0 spiro atoms. The van der Waals surface area contributed by atoms with Gasteiger partial charge in [0.05, 0.1) is 0 Å². The Hall–Kier alpha value is -1.91. The number of nitrogens with one attached hydrogen (secondary N) is 1. The van der Waals surface area contributed by atoms with E-state index in [1.165, 1.54) is 6.07 Å². The first-order valence-electron chi connectivity index (χ1n) is 5.66. The summed E-state index contributed by atoms with van der Waals surface area (Å²) in [6.07, 6.45) is 0. The molecule has 2 aromatic rings. The maximum atomic E-state index is 13.5. The zero-order chi connectivity index (χ0) is 13.0. The molecule has 0 bridgehead atoms. The van der Waals surface area contributed by atoms with Crippen LogP contribution in [0.5, 0.6) is 11.5 Å². The molecule has 2 aromatic carbocycles. The standard InChI is InChI=1S/C14H15FN2O/c1-10-8-11(9-17-16)6-7-13(10)18-14-5-3-2-4-12(14)15/h2-8,17H,9,16H2,1H3. The van der Waals surface area contributed by atoms with Gasteiger partial charge in [-0.2, -0.15) is 0 Å². The van der Waals surface area contributed by atoms with Crippen LogP contribution in [0.15, 0.2) is 42.5 Å². The third-order valence-electron chi connectivity index (χ3n) is 2.60. The maximum absolute atomic E-state index is 13.5. The van der Waals surface area contributed by atoms with Crippen molar-refractivity contribution in [3.8, 4) is 11.5 Å². The van der Waals surface area contributed by atoms with Gasteiger partial charge in [-0.15, -0.1) is 0 Å². The molecule has 0 saturated heterocycles. The topological polar surface area (TPSA) is 47.3 Å². The number of hydrazine groups is 1. The second kappa shape index (κ2) is 5.62. The van der Waals surface area contributed by atoms with Gasteiger partial charge >= 0.3 is 0 Å². The Bertz CT molecular complexity index is 543. The number of aryl methyl sites for hydroxylation is 1. The average Bonchev–Trinajstić information content (AvgIpc) is 2.35. The fourth-order valence-electron chi connectivity index (χ4n) is 1.70. The predicted octanol–water partition coefficient (Wildman–Crippen LogP) is 2.89. The Labute approximate surface area is 105 Å². The molecular weight excluding hydrogens is 231 g/mol. The van der Waals surface area contributed by atoms with Gasteiger partial charge in [0, 0.05) is 6.54 Å². The number of para-hydroxylation sites is 1. The van der Waals surface area contributed by atoms with Crippen LogP contribution in [0.1, 0.15) is 11.1 Å². The van der Waals surface area contributed by atoms with E-state index >= 15 is 0 Å². The van der Waals surface area contributed by atoms with E-state index in [4.69, 9.17) is 10.6 Å². The first-order valence-corrected chi connectivity index (χ1v) is 5.66. The van der Waals surface area contributed by atoms with Gasteiger partial charge in [-0.1, -0.05) is 24.3 Å². The van der Waals surface area contributed by atoms with E-state index in [0.717, 1.165) is 11.1 Å². The van der Waals surface area contributed by atoms with Gasteiger partial charge in [-0.3, -0.25) is 11.3 Å². The summed E-state index contributed by atoms with van der Waals surface area (Å²) >= 11 is 0. The first kappa shape index (κ1) is 12.5. The summed E-state index contributed by atoms with van der Waals surface area (Å²) < 4.78 is 19.0. The van der Waals surface area contributed by atoms with Crippen LogP contribution >= 0.6 is 0 Å². The molecular formula is C14H15FN2O. The molecule has 0 saturated carbocycles. The van der Waals surface area contributed by atoms with Crippen LogP contribution in [-0.4, -0.2) is 0 Å². The molecule has 2 rings (SSSR count). The minimum absolute atomic E-state index is 0.227. The number of hydrogen-bond donors (Lipinski definition) is 2. The van der Waals surface area contributed by atoms with Gasteiger partial charge in [0.2, 0.25) is 0 Å². The molecule has 0 amide bonds. The Balaban J connectivity index is 2.22. The largest absolute Gasteiger partial charge is 0.454 e. The lowest BCUT2D eigenvalue weighted by atomic mass is 10.1. The highest BCUT2D eigenvalue weighted by atomic mass is 19.1. The number of halogens is 1. The number of nitrogens with two attached hydrogens (primary N) is 1. The Morgan fingerprint density at radius 2 is 1.94 bits per heavy atom. The van der Waals surface area contributed by atoms with Crippen molar-refractivity contribution < 1.29 is 9.13 Å². The van der Waals surface area contributed by atoms with E-state index in [2.05, 4.69) is 5.43 Å². The zero-order valence-electron chi connectivity index (χ0n) is 10.1. The summed E-state index contributed by atoms with van der Waals surface area (Å²) in [7, 11) is 0. The molecule has 0 atom stereocenters. The van der Waals surface area contributed by atoms with Crippen molar-refractivity contribution in [3.05, 3.63) is 59.4 Å². The van der Waals surface area contributed by atoms with Crippen LogP contribution in [0.25, 0.3) is 0 Å². The summed E-state index contributed by atoms with van der Waals surface area (Å²) in [5.74, 6) is 5.76. The van der Waals surface area contributed by atoms with Crippen LogP contribution in [0.3, 0.4) is 0 Å². The average molecular weight is 246 g/mol. The van der Waals surface area contributed by atoms with Crippen LogP contribution in [-0.2, 0) is 6.54 Å². The molecule has 0 fully saturated rings. The van der Waals surface area contributed by atoms with Crippen molar-refractivity contribution in [3.63, 3.8) is 0 Å². The molecule has 94 valence electrons. The van der Waals surface area contributed by atoms with Crippen molar-refractivity contribution in [2.45, 2.75) is 13.5 Å². The van der Waals surface area contributed by atoms with E-state index in [1.54, 1.807) is 18.2 Å². The van der Waals surface area contributed by atoms with E-state index in [9.17, 15) is 4.39 Å². The van der Waals surface area contributed by atoms with Gasteiger partial charge in [0.15, 0.2) is 11.6 Å². The fourth-order valence-corrected chi connectivity index (χ4v) is 1.70. The van der Waals surface area contributed by atoms with Crippen molar-refractivity contribution in [2.75, 3.05) is 0 Å². The van der Waals surface area contributed by atoms with Crippen LogP contribution in [0, 0.1) is 12.7 Å². The SMILES string of the molecule is Cc1cc(CNN)ccc1Oc1ccccc1F. The van der Waals surface area contributed by atoms with Gasteiger partial charge in [0.25, 0.3) is 0 Å². The summed E-state index contributed by atoms with van der Waals surface area (Å²) in [4.78, 5) is 0. The normalized spacial score (nSPS) is 10.4. The minimum atomic E-state index is -0.371. The second-order valence-electron chi connectivity index (χ2n) is 4.01. The van der Waals surface area contributed by atoms with Crippen molar-refractivity contribution in [2.24, 2.45) is 5.84 Å². The number of hydrogen-bond acceptors (Lipinski definition) is 3. The molecule has 0 aliphatic carbocycles. The van der Waals surface area contributed by atoms with Gasteiger partial charge < -0.3 is 4.74 Å².